The van der Waals surface area contributed by atoms with Crippen molar-refractivity contribution in [3.05, 3.63) is 23.9 Å². The SMILES string of the molecule is CC(=O)Oc1cc(C(C)=O)c2cc[nH]c2n1. The molecule has 1 N–H and O–H groups in total. The number of nitrogens with zero attached hydrogens (tertiary/aromatic N) is 1. The monoisotopic (exact) mass is 218 g/mol. The van der Waals surface area contributed by atoms with Crippen LogP contribution in [0.3, 0.4) is 0 Å². The molecule has 0 aliphatic carbocycles. The fourth-order valence-corrected chi connectivity index (χ4v) is 1.50. The topological polar surface area (TPSA) is 72.1 Å². The van der Waals surface area contributed by atoms with Crippen molar-refractivity contribution in [3.8, 4) is 5.88 Å². The first-order chi connectivity index (χ1) is 7.58. The second-order valence-corrected chi connectivity index (χ2v) is 3.40. The summed E-state index contributed by atoms with van der Waals surface area (Å²) in [4.78, 5) is 29.2. The lowest BCUT2D eigenvalue weighted by molar-refractivity contribution is -0.132. The molecular weight excluding hydrogens is 208 g/mol. The van der Waals surface area contributed by atoms with E-state index in [2.05, 4.69) is 9.97 Å². The molecule has 82 valence electrons. The van der Waals surface area contributed by atoms with E-state index in [0.29, 0.717) is 11.2 Å². The average Bonchev–Trinajstić information content (AvgIpc) is 2.62. The zero-order valence-corrected chi connectivity index (χ0v) is 8.90. The number of aromatic nitrogens is 2. The van der Waals surface area contributed by atoms with E-state index in [0.717, 1.165) is 5.39 Å². The van der Waals surface area contributed by atoms with Crippen molar-refractivity contribution < 1.29 is 14.3 Å². The Bertz CT molecular complexity index is 572. The first kappa shape index (κ1) is 10.4. The summed E-state index contributed by atoms with van der Waals surface area (Å²) in [6.07, 6.45) is 1.68. The van der Waals surface area contributed by atoms with Crippen LogP contribution in [-0.2, 0) is 4.79 Å². The van der Waals surface area contributed by atoms with Crippen LogP contribution in [0, 0.1) is 0 Å². The third-order valence-corrected chi connectivity index (χ3v) is 2.13. The van der Waals surface area contributed by atoms with E-state index >= 15 is 0 Å². The number of hydrogen-bond donors (Lipinski definition) is 1. The van der Waals surface area contributed by atoms with E-state index in [4.69, 9.17) is 4.74 Å². The highest BCUT2D eigenvalue weighted by Crippen LogP contribution is 2.21. The smallest absolute Gasteiger partial charge is 0.309 e. The molecular formula is C11H10N2O3. The van der Waals surface area contributed by atoms with Gasteiger partial charge in [-0.05, 0) is 13.0 Å². The van der Waals surface area contributed by atoms with Crippen LogP contribution in [0.1, 0.15) is 24.2 Å². The summed E-state index contributed by atoms with van der Waals surface area (Å²) in [5.74, 6) is -0.430. The first-order valence-corrected chi connectivity index (χ1v) is 4.75. The largest absolute Gasteiger partial charge is 0.408 e. The maximum absolute atomic E-state index is 11.4. The molecule has 2 aromatic rings. The molecule has 0 aliphatic heterocycles. The quantitative estimate of drug-likeness (QED) is 0.615. The van der Waals surface area contributed by atoms with Gasteiger partial charge >= 0.3 is 5.97 Å². The number of aromatic amines is 1. The Hall–Kier alpha value is -2.17. The van der Waals surface area contributed by atoms with E-state index in [9.17, 15) is 9.59 Å². The van der Waals surface area contributed by atoms with E-state index < -0.39 is 5.97 Å². The number of carbonyl (C=O) groups excluding carboxylic acids is 2. The van der Waals surface area contributed by atoms with Crippen molar-refractivity contribution >= 4 is 22.8 Å². The second kappa shape index (κ2) is 3.77. The fraction of sp³-hybridized carbons (Fsp3) is 0.182. The second-order valence-electron chi connectivity index (χ2n) is 3.40. The molecule has 0 aliphatic rings. The van der Waals surface area contributed by atoms with Gasteiger partial charge in [-0.25, -0.2) is 0 Å². The van der Waals surface area contributed by atoms with Crippen LogP contribution in [0.25, 0.3) is 11.0 Å². The Morgan fingerprint density at radius 2 is 2.12 bits per heavy atom. The van der Waals surface area contributed by atoms with Gasteiger partial charge in [0.05, 0.1) is 0 Å². The average molecular weight is 218 g/mol. The Balaban J connectivity index is 2.61. The van der Waals surface area contributed by atoms with Crippen LogP contribution in [-0.4, -0.2) is 21.7 Å². The van der Waals surface area contributed by atoms with Crippen molar-refractivity contribution in [2.24, 2.45) is 0 Å². The van der Waals surface area contributed by atoms with Gasteiger partial charge < -0.3 is 9.72 Å². The van der Waals surface area contributed by atoms with Crippen LogP contribution in [0.4, 0.5) is 0 Å². The van der Waals surface area contributed by atoms with E-state index in [1.165, 1.54) is 19.9 Å². The molecule has 2 heterocycles. The molecule has 0 unspecified atom stereocenters. The van der Waals surface area contributed by atoms with Gasteiger partial charge in [0.2, 0.25) is 5.88 Å². The van der Waals surface area contributed by atoms with Gasteiger partial charge in [-0.1, -0.05) is 0 Å². The maximum atomic E-state index is 11.4. The number of ketones is 1. The minimum Gasteiger partial charge on any atom is -0.408 e. The van der Waals surface area contributed by atoms with Crippen LogP contribution >= 0.6 is 0 Å². The number of H-pyrrole nitrogens is 1. The molecule has 0 spiro atoms. The molecule has 0 saturated heterocycles. The Kier molecular flexibility index (Phi) is 2.44. The molecule has 0 saturated carbocycles. The number of carbonyl (C=O) groups is 2. The first-order valence-electron chi connectivity index (χ1n) is 4.75. The third kappa shape index (κ3) is 1.79. The lowest BCUT2D eigenvalue weighted by Gasteiger charge is -2.03. The standard InChI is InChI=1S/C11H10N2O3/c1-6(14)9-5-10(16-7(2)15)13-11-8(9)3-4-12-11/h3-5H,1-2H3,(H,12,13). The molecule has 0 fully saturated rings. The summed E-state index contributed by atoms with van der Waals surface area (Å²) in [5, 5.41) is 0.725. The summed E-state index contributed by atoms with van der Waals surface area (Å²) in [6, 6.07) is 3.23. The summed E-state index contributed by atoms with van der Waals surface area (Å²) < 4.78 is 4.86. The van der Waals surface area contributed by atoms with Crippen LogP contribution in [0.15, 0.2) is 18.3 Å². The van der Waals surface area contributed by atoms with Gasteiger partial charge in [-0.3, -0.25) is 9.59 Å². The zero-order chi connectivity index (χ0) is 11.7. The molecule has 5 heteroatoms. The fourth-order valence-electron chi connectivity index (χ4n) is 1.50. The van der Waals surface area contributed by atoms with Crippen LogP contribution in [0.2, 0.25) is 0 Å². The lowest BCUT2D eigenvalue weighted by Crippen LogP contribution is -2.05. The van der Waals surface area contributed by atoms with E-state index in [1.54, 1.807) is 12.3 Å². The molecule has 16 heavy (non-hydrogen) atoms. The summed E-state index contributed by atoms with van der Waals surface area (Å²) in [6.45, 7) is 2.74. The number of nitrogens with one attached hydrogen (secondary N) is 1. The zero-order valence-electron chi connectivity index (χ0n) is 8.90. The van der Waals surface area contributed by atoms with Gasteiger partial charge in [0, 0.05) is 30.1 Å². The predicted molar refractivity (Wildman–Crippen MR) is 57.4 cm³/mol. The molecule has 0 amide bonds. The number of hydrogen-bond acceptors (Lipinski definition) is 4. The Morgan fingerprint density at radius 3 is 2.75 bits per heavy atom. The van der Waals surface area contributed by atoms with Gasteiger partial charge in [0.15, 0.2) is 5.78 Å². The van der Waals surface area contributed by atoms with E-state index in [1.807, 2.05) is 0 Å². The molecule has 0 aromatic carbocycles. The van der Waals surface area contributed by atoms with E-state index in [-0.39, 0.29) is 11.7 Å². The lowest BCUT2D eigenvalue weighted by atomic mass is 10.1. The molecule has 5 nitrogen and oxygen atoms in total. The summed E-state index contributed by atoms with van der Waals surface area (Å²) in [7, 11) is 0. The highest BCUT2D eigenvalue weighted by Gasteiger charge is 2.11. The highest BCUT2D eigenvalue weighted by molar-refractivity contribution is 6.05. The summed E-state index contributed by atoms with van der Waals surface area (Å²) >= 11 is 0. The molecule has 0 radical (unpaired) electrons. The van der Waals surface area contributed by atoms with Crippen LogP contribution < -0.4 is 4.74 Å². The molecule has 0 bridgehead atoms. The van der Waals surface area contributed by atoms with Gasteiger partial charge in [-0.15, -0.1) is 0 Å². The Labute approximate surface area is 91.4 Å². The molecule has 0 atom stereocenters. The maximum Gasteiger partial charge on any atom is 0.309 e. The van der Waals surface area contributed by atoms with Crippen molar-refractivity contribution in [2.45, 2.75) is 13.8 Å². The number of pyridine rings is 1. The third-order valence-electron chi connectivity index (χ3n) is 2.13. The van der Waals surface area contributed by atoms with Crippen LogP contribution in [0.5, 0.6) is 5.88 Å². The minimum absolute atomic E-state index is 0.0968. The number of fused-ring (bicyclic) bond motifs is 1. The minimum atomic E-state index is -0.465. The van der Waals surface area contributed by atoms with Crippen molar-refractivity contribution in [2.75, 3.05) is 0 Å². The summed E-state index contributed by atoms with van der Waals surface area (Å²) in [5.41, 5.74) is 1.02. The normalized spacial score (nSPS) is 10.4. The van der Waals surface area contributed by atoms with Crippen molar-refractivity contribution in [1.82, 2.24) is 9.97 Å². The van der Waals surface area contributed by atoms with Gasteiger partial charge in [-0.2, -0.15) is 4.98 Å². The van der Waals surface area contributed by atoms with Gasteiger partial charge in [0.25, 0.3) is 0 Å². The number of Topliss-reactive ketones (excluding diaryl/α,β-unsaturated/α-hetero) is 1. The molecule has 2 rings (SSSR count). The predicted octanol–water partition coefficient (Wildman–Crippen LogP) is 1.69. The van der Waals surface area contributed by atoms with Crippen molar-refractivity contribution in [1.29, 1.82) is 0 Å². The number of ether oxygens (including phenoxy) is 1. The highest BCUT2D eigenvalue weighted by atomic mass is 16.5. The Morgan fingerprint density at radius 1 is 1.38 bits per heavy atom. The number of rotatable bonds is 2. The molecule has 2 aromatic heterocycles. The number of esters is 1. The van der Waals surface area contributed by atoms with Gasteiger partial charge in [0.1, 0.15) is 5.65 Å². The van der Waals surface area contributed by atoms with Crippen molar-refractivity contribution in [3.63, 3.8) is 0 Å².